The van der Waals surface area contributed by atoms with Gasteiger partial charge in [0, 0.05) is 6.42 Å². The molecule has 9 heteroatoms. The predicted molar refractivity (Wildman–Crippen MR) is 221 cm³/mol. The van der Waals surface area contributed by atoms with Crippen molar-refractivity contribution in [1.82, 2.24) is 5.32 Å². The minimum absolute atomic E-state index is 0.204. The molecule has 1 amide bonds. The molecule has 314 valence electrons. The van der Waals surface area contributed by atoms with E-state index in [1.54, 1.807) is 6.08 Å². The molecule has 54 heavy (non-hydrogen) atoms. The van der Waals surface area contributed by atoms with Crippen molar-refractivity contribution < 1.29 is 39.8 Å². The molecule has 1 saturated heterocycles. The van der Waals surface area contributed by atoms with Gasteiger partial charge < -0.3 is 40.3 Å². The van der Waals surface area contributed by atoms with E-state index in [0.717, 1.165) is 70.6 Å². The average molecular weight is 764 g/mol. The Labute approximate surface area is 329 Å². The van der Waals surface area contributed by atoms with E-state index in [-0.39, 0.29) is 12.5 Å². The number of aliphatic hydroxyl groups excluding tert-OH is 5. The number of carbonyl (C=O) groups is 1. The topological polar surface area (TPSA) is 149 Å². The number of unbranched alkanes of at least 4 members (excludes halogenated alkanes) is 19. The first-order valence-corrected chi connectivity index (χ1v) is 21.9. The zero-order chi connectivity index (χ0) is 39.5. The maximum atomic E-state index is 12.9. The van der Waals surface area contributed by atoms with Crippen molar-refractivity contribution in [2.45, 2.75) is 217 Å². The van der Waals surface area contributed by atoms with Crippen molar-refractivity contribution in [3.8, 4) is 0 Å². The minimum atomic E-state index is -1.57. The largest absolute Gasteiger partial charge is 0.394 e. The molecular formula is C45H81NO8. The van der Waals surface area contributed by atoms with Crippen molar-refractivity contribution in [2.24, 2.45) is 0 Å². The van der Waals surface area contributed by atoms with E-state index in [2.05, 4.69) is 55.6 Å². The van der Waals surface area contributed by atoms with Crippen LogP contribution in [0, 0.1) is 0 Å². The average Bonchev–Trinajstić information content (AvgIpc) is 3.17. The van der Waals surface area contributed by atoms with Crippen molar-refractivity contribution in [2.75, 3.05) is 13.2 Å². The van der Waals surface area contributed by atoms with E-state index >= 15 is 0 Å². The molecule has 0 aromatic rings. The highest BCUT2D eigenvalue weighted by Crippen LogP contribution is 2.22. The molecule has 0 aliphatic carbocycles. The van der Waals surface area contributed by atoms with Gasteiger partial charge in [-0.1, -0.05) is 146 Å². The lowest BCUT2D eigenvalue weighted by Crippen LogP contribution is -2.60. The van der Waals surface area contributed by atoms with Crippen molar-refractivity contribution in [1.29, 1.82) is 0 Å². The van der Waals surface area contributed by atoms with Gasteiger partial charge in [-0.25, -0.2) is 0 Å². The third kappa shape index (κ3) is 26.1. The first kappa shape index (κ1) is 50.2. The highest BCUT2D eigenvalue weighted by molar-refractivity contribution is 5.76. The summed E-state index contributed by atoms with van der Waals surface area (Å²) in [6.45, 7) is 3.70. The smallest absolute Gasteiger partial charge is 0.220 e. The minimum Gasteiger partial charge on any atom is -0.394 e. The molecule has 0 saturated carbocycles. The van der Waals surface area contributed by atoms with E-state index in [9.17, 15) is 30.3 Å². The maximum Gasteiger partial charge on any atom is 0.220 e. The Balaban J connectivity index is 2.43. The number of carbonyl (C=O) groups excluding carboxylic acids is 1. The molecule has 1 rings (SSSR count). The highest BCUT2D eigenvalue weighted by atomic mass is 16.7. The van der Waals surface area contributed by atoms with Crippen LogP contribution in [0.2, 0.25) is 0 Å². The summed E-state index contributed by atoms with van der Waals surface area (Å²) >= 11 is 0. The summed E-state index contributed by atoms with van der Waals surface area (Å²) in [5.41, 5.74) is 0. The van der Waals surface area contributed by atoms with Gasteiger partial charge in [0.1, 0.15) is 24.4 Å². The fourth-order valence-electron chi connectivity index (χ4n) is 6.53. The van der Waals surface area contributed by atoms with E-state index in [4.69, 9.17) is 9.47 Å². The fraction of sp³-hybridized carbons (Fsp3) is 0.800. The number of hydrogen-bond acceptors (Lipinski definition) is 8. The van der Waals surface area contributed by atoms with Gasteiger partial charge in [0.05, 0.1) is 25.4 Å². The molecule has 1 fully saturated rings. The molecule has 0 aromatic heterocycles. The second-order valence-electron chi connectivity index (χ2n) is 15.1. The van der Waals surface area contributed by atoms with Crippen molar-refractivity contribution in [3.05, 3.63) is 48.6 Å². The van der Waals surface area contributed by atoms with Crippen molar-refractivity contribution in [3.63, 3.8) is 0 Å². The van der Waals surface area contributed by atoms with Crippen LogP contribution in [0.3, 0.4) is 0 Å². The van der Waals surface area contributed by atoms with Crippen LogP contribution in [-0.2, 0) is 14.3 Å². The van der Waals surface area contributed by atoms with Crippen LogP contribution in [0.1, 0.15) is 174 Å². The highest BCUT2D eigenvalue weighted by Gasteiger charge is 2.44. The number of nitrogens with one attached hydrogen (secondary N) is 1. The number of hydrogen-bond donors (Lipinski definition) is 6. The van der Waals surface area contributed by atoms with Gasteiger partial charge in [0.15, 0.2) is 6.29 Å². The number of amides is 1. The van der Waals surface area contributed by atoms with E-state index < -0.39 is 49.5 Å². The van der Waals surface area contributed by atoms with Crippen LogP contribution in [0.15, 0.2) is 48.6 Å². The first-order chi connectivity index (χ1) is 26.3. The Hall–Kier alpha value is -1.85. The van der Waals surface area contributed by atoms with E-state index in [1.165, 1.54) is 83.5 Å². The molecule has 0 spiro atoms. The third-order valence-electron chi connectivity index (χ3n) is 10.1. The quantitative estimate of drug-likeness (QED) is 0.0278. The van der Waals surface area contributed by atoms with Crippen LogP contribution >= 0.6 is 0 Å². The Morgan fingerprint density at radius 3 is 1.59 bits per heavy atom. The molecule has 1 aliphatic heterocycles. The van der Waals surface area contributed by atoms with Crippen LogP contribution in [0.5, 0.6) is 0 Å². The number of allylic oxidation sites excluding steroid dienone is 7. The second kappa shape index (κ2) is 35.6. The van der Waals surface area contributed by atoms with Gasteiger partial charge in [-0.2, -0.15) is 0 Å². The summed E-state index contributed by atoms with van der Waals surface area (Å²) in [6.07, 6.45) is 37.3. The molecule has 1 heterocycles. The Kier molecular flexibility index (Phi) is 33.0. The lowest BCUT2D eigenvalue weighted by Gasteiger charge is -2.40. The number of rotatable bonds is 35. The molecular weight excluding hydrogens is 682 g/mol. The summed E-state index contributed by atoms with van der Waals surface area (Å²) in [6, 6.07) is -0.830. The fourth-order valence-corrected chi connectivity index (χ4v) is 6.53. The number of ether oxygens (including phenoxy) is 2. The van der Waals surface area contributed by atoms with E-state index in [0.29, 0.717) is 6.42 Å². The molecule has 1 aliphatic rings. The molecule has 0 aromatic carbocycles. The summed E-state index contributed by atoms with van der Waals surface area (Å²) in [4.78, 5) is 12.9. The van der Waals surface area contributed by atoms with Gasteiger partial charge in [0.25, 0.3) is 0 Å². The molecule has 7 unspecified atom stereocenters. The third-order valence-corrected chi connectivity index (χ3v) is 10.1. The lowest BCUT2D eigenvalue weighted by molar-refractivity contribution is -0.302. The monoisotopic (exact) mass is 764 g/mol. The van der Waals surface area contributed by atoms with Crippen LogP contribution < -0.4 is 5.32 Å². The standard InChI is InChI=1S/C45H81NO8/c1-3-5-7-9-11-13-15-17-18-19-20-21-22-23-24-26-28-30-32-34-39(48)38(37-53-45-44(52)43(51)42(50)40(36-47)54-45)46-41(49)35-33-31-29-27-25-16-14-12-10-8-6-4-2/h12,14,20-21,24,26,32,34,38-40,42-45,47-48,50-52H,3-11,13,15-19,22-23,25,27-31,33,35-37H2,1-2H3,(H,46,49)/b14-12-,21-20+,26-24+,34-32+. The lowest BCUT2D eigenvalue weighted by atomic mass is 9.99. The predicted octanol–water partition coefficient (Wildman–Crippen LogP) is 8.67. The van der Waals surface area contributed by atoms with Gasteiger partial charge in [-0.3, -0.25) is 4.79 Å². The Morgan fingerprint density at radius 2 is 1.06 bits per heavy atom. The summed E-state index contributed by atoms with van der Waals surface area (Å²) in [5.74, 6) is -0.204. The molecule has 7 atom stereocenters. The van der Waals surface area contributed by atoms with Crippen molar-refractivity contribution >= 4 is 5.91 Å². The zero-order valence-electron chi connectivity index (χ0n) is 34.2. The SMILES string of the molecule is CCCCC/C=C\CCCCCCCC(=O)NC(COC1OC(CO)C(O)C(O)C1O)C(O)/C=C/CC/C=C/CC/C=C/CCCCCCCCCCC. The van der Waals surface area contributed by atoms with Crippen LogP contribution in [0.4, 0.5) is 0 Å². The zero-order valence-corrected chi connectivity index (χ0v) is 34.2. The number of aliphatic hydroxyl groups is 5. The van der Waals surface area contributed by atoms with Gasteiger partial charge in [0.2, 0.25) is 5.91 Å². The normalized spacial score (nSPS) is 21.9. The molecule has 0 bridgehead atoms. The summed E-state index contributed by atoms with van der Waals surface area (Å²) < 4.78 is 11.2. The Bertz CT molecular complexity index is 983. The maximum absolute atomic E-state index is 12.9. The molecule has 0 radical (unpaired) electrons. The van der Waals surface area contributed by atoms with Crippen LogP contribution in [0.25, 0.3) is 0 Å². The summed E-state index contributed by atoms with van der Waals surface area (Å²) in [7, 11) is 0. The molecule has 6 N–H and O–H groups in total. The van der Waals surface area contributed by atoms with Gasteiger partial charge in [-0.05, 0) is 70.6 Å². The molecule has 9 nitrogen and oxygen atoms in total. The van der Waals surface area contributed by atoms with Crippen LogP contribution in [-0.4, -0.2) is 87.5 Å². The second-order valence-corrected chi connectivity index (χ2v) is 15.1. The van der Waals surface area contributed by atoms with Gasteiger partial charge in [-0.15, -0.1) is 0 Å². The Morgan fingerprint density at radius 1 is 0.611 bits per heavy atom. The van der Waals surface area contributed by atoms with E-state index in [1.807, 2.05) is 6.08 Å². The summed E-state index contributed by atoms with van der Waals surface area (Å²) in [5, 5.41) is 54.0. The first-order valence-electron chi connectivity index (χ1n) is 21.9. The van der Waals surface area contributed by atoms with Gasteiger partial charge >= 0.3 is 0 Å².